The molecule has 0 bridgehead atoms. The molecule has 0 aliphatic rings. The highest BCUT2D eigenvalue weighted by atomic mass is 19.1. The highest BCUT2D eigenvalue weighted by Gasteiger charge is 2.16. The van der Waals surface area contributed by atoms with Crippen molar-refractivity contribution in [3.63, 3.8) is 0 Å². The Bertz CT molecular complexity index is 1190. The van der Waals surface area contributed by atoms with Gasteiger partial charge in [0.25, 0.3) is 11.6 Å². The number of nitro benzene ring substituents is 1. The number of amides is 1. The first-order chi connectivity index (χ1) is 15.0. The molecule has 0 spiro atoms. The monoisotopic (exact) mass is 417 g/mol. The SMILES string of the molecule is N#C/C(=C\c1cccc(OCc2ccccc2)c1)C(=O)Nc1cc([N+](=O)[O-])ccc1F. The van der Waals surface area contributed by atoms with Gasteiger partial charge in [0.1, 0.15) is 29.8 Å². The van der Waals surface area contributed by atoms with Gasteiger partial charge in [-0.25, -0.2) is 4.39 Å². The predicted octanol–water partition coefficient (Wildman–Crippen LogP) is 4.86. The maximum atomic E-state index is 13.9. The fraction of sp³-hybridized carbons (Fsp3) is 0.0435. The molecule has 0 aliphatic carbocycles. The molecule has 0 saturated carbocycles. The summed E-state index contributed by atoms with van der Waals surface area (Å²) in [6, 6.07) is 20.8. The average Bonchev–Trinajstić information content (AvgIpc) is 2.78. The topological polar surface area (TPSA) is 105 Å². The summed E-state index contributed by atoms with van der Waals surface area (Å²) in [4.78, 5) is 22.5. The van der Waals surface area contributed by atoms with E-state index in [1.165, 1.54) is 6.08 Å². The number of non-ortho nitro benzene ring substituents is 1. The second kappa shape index (κ2) is 9.80. The van der Waals surface area contributed by atoms with Crippen molar-refractivity contribution in [1.29, 1.82) is 5.26 Å². The van der Waals surface area contributed by atoms with E-state index in [1.807, 2.05) is 30.3 Å². The lowest BCUT2D eigenvalue weighted by Gasteiger charge is -2.08. The zero-order valence-electron chi connectivity index (χ0n) is 16.1. The minimum atomic E-state index is -0.891. The normalized spacial score (nSPS) is 10.8. The highest BCUT2D eigenvalue weighted by molar-refractivity contribution is 6.09. The Hall–Kier alpha value is -4.51. The Labute approximate surface area is 177 Å². The number of nitrogens with one attached hydrogen (secondary N) is 1. The van der Waals surface area contributed by atoms with Gasteiger partial charge in [0.2, 0.25) is 0 Å². The number of ether oxygens (including phenoxy) is 1. The van der Waals surface area contributed by atoms with Crippen LogP contribution in [0, 0.1) is 27.3 Å². The number of hydrogen-bond donors (Lipinski definition) is 1. The molecule has 3 aromatic rings. The van der Waals surface area contributed by atoms with E-state index in [4.69, 9.17) is 4.74 Å². The maximum Gasteiger partial charge on any atom is 0.271 e. The average molecular weight is 417 g/mol. The second-order valence-electron chi connectivity index (χ2n) is 6.39. The Kier molecular flexibility index (Phi) is 6.71. The van der Waals surface area contributed by atoms with Gasteiger partial charge in [-0.15, -0.1) is 0 Å². The number of hydrogen-bond acceptors (Lipinski definition) is 5. The molecule has 0 saturated heterocycles. The van der Waals surface area contributed by atoms with Crippen LogP contribution in [0.25, 0.3) is 6.08 Å². The van der Waals surface area contributed by atoms with Gasteiger partial charge < -0.3 is 10.1 Å². The van der Waals surface area contributed by atoms with E-state index in [2.05, 4.69) is 5.32 Å². The van der Waals surface area contributed by atoms with Crippen LogP contribution >= 0.6 is 0 Å². The van der Waals surface area contributed by atoms with Crippen LogP contribution in [0.2, 0.25) is 0 Å². The van der Waals surface area contributed by atoms with Crippen LogP contribution in [-0.2, 0) is 11.4 Å². The van der Waals surface area contributed by atoms with E-state index in [0.29, 0.717) is 17.9 Å². The van der Waals surface area contributed by atoms with Crippen molar-refractivity contribution in [2.24, 2.45) is 0 Å². The molecule has 3 rings (SSSR count). The first-order valence-corrected chi connectivity index (χ1v) is 9.10. The van der Waals surface area contributed by atoms with Crippen molar-refractivity contribution < 1.29 is 18.8 Å². The molecule has 0 heterocycles. The number of halogens is 1. The molecule has 0 radical (unpaired) electrons. The molecule has 1 amide bonds. The van der Waals surface area contributed by atoms with Crippen molar-refractivity contribution >= 4 is 23.4 Å². The third kappa shape index (κ3) is 5.74. The van der Waals surface area contributed by atoms with Gasteiger partial charge >= 0.3 is 0 Å². The summed E-state index contributed by atoms with van der Waals surface area (Å²) < 4.78 is 19.6. The minimum Gasteiger partial charge on any atom is -0.489 e. The molecular formula is C23H16FN3O4. The third-order valence-electron chi connectivity index (χ3n) is 4.19. The molecule has 154 valence electrons. The van der Waals surface area contributed by atoms with Crippen molar-refractivity contribution in [3.05, 3.63) is 105 Å². The maximum absolute atomic E-state index is 13.9. The molecule has 0 unspecified atom stereocenters. The molecule has 0 atom stereocenters. The first kappa shape index (κ1) is 21.2. The van der Waals surface area contributed by atoms with Gasteiger partial charge in [0, 0.05) is 12.1 Å². The number of anilines is 1. The van der Waals surface area contributed by atoms with Gasteiger partial charge in [-0.1, -0.05) is 42.5 Å². The first-order valence-electron chi connectivity index (χ1n) is 9.10. The van der Waals surface area contributed by atoms with Gasteiger partial charge in [0.05, 0.1) is 10.6 Å². The summed E-state index contributed by atoms with van der Waals surface area (Å²) in [7, 11) is 0. The Morgan fingerprint density at radius 1 is 1.13 bits per heavy atom. The Morgan fingerprint density at radius 3 is 2.61 bits per heavy atom. The molecule has 0 aliphatic heterocycles. The van der Waals surface area contributed by atoms with Gasteiger partial charge in [-0.2, -0.15) is 5.26 Å². The van der Waals surface area contributed by atoms with Crippen LogP contribution in [0.1, 0.15) is 11.1 Å². The summed E-state index contributed by atoms with van der Waals surface area (Å²) >= 11 is 0. The minimum absolute atomic E-state index is 0.300. The van der Waals surface area contributed by atoms with Gasteiger partial charge in [-0.3, -0.25) is 14.9 Å². The third-order valence-corrected chi connectivity index (χ3v) is 4.19. The van der Waals surface area contributed by atoms with E-state index in [0.717, 1.165) is 23.8 Å². The summed E-state index contributed by atoms with van der Waals surface area (Å²) in [5.41, 5.74) is 0.435. The van der Waals surface area contributed by atoms with Gasteiger partial charge in [-0.05, 0) is 35.4 Å². The lowest BCUT2D eigenvalue weighted by molar-refractivity contribution is -0.384. The Morgan fingerprint density at radius 2 is 1.90 bits per heavy atom. The molecule has 3 aromatic carbocycles. The van der Waals surface area contributed by atoms with E-state index < -0.39 is 16.6 Å². The molecular weight excluding hydrogens is 401 g/mol. The van der Waals surface area contributed by atoms with Crippen LogP contribution in [0.4, 0.5) is 15.8 Å². The second-order valence-corrected chi connectivity index (χ2v) is 6.39. The van der Waals surface area contributed by atoms with Crippen LogP contribution < -0.4 is 10.1 Å². The molecule has 0 fully saturated rings. The van der Waals surface area contributed by atoms with E-state index >= 15 is 0 Å². The number of carbonyl (C=O) groups excluding carboxylic acids is 1. The van der Waals surface area contributed by atoms with Crippen LogP contribution in [0.3, 0.4) is 0 Å². The number of nitro groups is 1. The molecule has 1 N–H and O–H groups in total. The van der Waals surface area contributed by atoms with E-state index in [-0.39, 0.29) is 16.9 Å². The zero-order chi connectivity index (χ0) is 22.2. The standard InChI is InChI=1S/C23H16FN3O4/c24-21-10-9-19(27(29)30)13-22(21)26-23(28)18(14-25)11-17-7-4-8-20(12-17)31-15-16-5-2-1-3-6-16/h1-13H,15H2,(H,26,28)/b18-11+. The summed E-state index contributed by atoms with van der Waals surface area (Å²) in [5, 5.41) is 22.4. The van der Waals surface area contributed by atoms with Crippen LogP contribution in [-0.4, -0.2) is 10.8 Å². The fourth-order valence-electron chi connectivity index (χ4n) is 2.66. The summed E-state index contributed by atoms with van der Waals surface area (Å²) in [6.07, 6.45) is 1.32. The molecule has 7 nitrogen and oxygen atoms in total. The lowest BCUT2D eigenvalue weighted by Crippen LogP contribution is -2.14. The smallest absolute Gasteiger partial charge is 0.271 e. The number of benzene rings is 3. The van der Waals surface area contributed by atoms with Crippen LogP contribution in [0.5, 0.6) is 5.75 Å². The quantitative estimate of drug-likeness (QED) is 0.256. The van der Waals surface area contributed by atoms with Crippen molar-refractivity contribution in [2.45, 2.75) is 6.61 Å². The largest absolute Gasteiger partial charge is 0.489 e. The highest BCUT2D eigenvalue weighted by Crippen LogP contribution is 2.22. The molecule has 0 aromatic heterocycles. The zero-order valence-corrected chi connectivity index (χ0v) is 16.1. The number of carbonyl (C=O) groups is 1. The fourth-order valence-corrected chi connectivity index (χ4v) is 2.66. The summed E-state index contributed by atoms with van der Waals surface area (Å²) in [5.74, 6) is -1.20. The molecule has 8 heteroatoms. The number of rotatable bonds is 7. The van der Waals surface area contributed by atoms with Crippen LogP contribution in [0.15, 0.2) is 78.4 Å². The van der Waals surface area contributed by atoms with Crippen molar-refractivity contribution in [1.82, 2.24) is 0 Å². The summed E-state index contributed by atoms with van der Waals surface area (Å²) in [6.45, 7) is 0.353. The van der Waals surface area contributed by atoms with E-state index in [9.17, 15) is 24.6 Å². The van der Waals surface area contributed by atoms with Crippen molar-refractivity contribution in [3.8, 4) is 11.8 Å². The Balaban J connectivity index is 1.75. The number of nitrogens with zero attached hydrogens (tertiary/aromatic N) is 2. The molecule has 31 heavy (non-hydrogen) atoms. The lowest BCUT2D eigenvalue weighted by atomic mass is 10.1. The predicted molar refractivity (Wildman–Crippen MR) is 112 cm³/mol. The number of nitriles is 1. The van der Waals surface area contributed by atoms with Gasteiger partial charge in [0.15, 0.2) is 0 Å². The van der Waals surface area contributed by atoms with Crippen molar-refractivity contribution in [2.75, 3.05) is 5.32 Å². The van der Waals surface area contributed by atoms with E-state index in [1.54, 1.807) is 30.3 Å².